The van der Waals surface area contributed by atoms with Crippen molar-refractivity contribution in [3.8, 4) is 0 Å². The fourth-order valence-corrected chi connectivity index (χ4v) is 11.7. The molecule has 8 rings (SSSR count). The van der Waals surface area contributed by atoms with Gasteiger partial charge in [0.15, 0.2) is 18.4 Å². The molecular formula is C50H74O14. The predicted octanol–water partition coefficient (Wildman–Crippen LogP) is 5.91. The summed E-state index contributed by atoms with van der Waals surface area (Å²) in [5.74, 6) is -2.32. The van der Waals surface area contributed by atoms with Gasteiger partial charge >= 0.3 is 5.97 Å². The number of methoxy groups -OCH3 is 2. The number of rotatable bonds is 7. The van der Waals surface area contributed by atoms with E-state index in [-0.39, 0.29) is 36.8 Å². The lowest BCUT2D eigenvalue weighted by atomic mass is 9.71. The van der Waals surface area contributed by atoms with Crippen LogP contribution in [-0.2, 0) is 52.2 Å². The molecule has 4 saturated heterocycles. The first-order valence-electron chi connectivity index (χ1n) is 24.0. The number of allylic oxidation sites excluding steroid dienone is 2. The lowest BCUT2D eigenvalue weighted by molar-refractivity contribution is -0.318. The molecular weight excluding hydrogens is 825 g/mol. The van der Waals surface area contributed by atoms with E-state index in [0.717, 1.165) is 18.4 Å². The molecule has 6 aliphatic heterocycles. The second kappa shape index (κ2) is 20.1. The van der Waals surface area contributed by atoms with Gasteiger partial charge in [0, 0.05) is 51.7 Å². The van der Waals surface area contributed by atoms with Crippen molar-refractivity contribution in [2.45, 2.75) is 203 Å². The zero-order chi connectivity index (χ0) is 45.5. The summed E-state index contributed by atoms with van der Waals surface area (Å²) >= 11 is 0. The third-order valence-corrected chi connectivity index (χ3v) is 15.4. The van der Waals surface area contributed by atoms with E-state index in [4.69, 9.17) is 47.4 Å². The number of fused-ring (bicyclic) bond motifs is 2. The summed E-state index contributed by atoms with van der Waals surface area (Å²) in [5, 5.41) is 34.3. The van der Waals surface area contributed by atoms with Crippen LogP contribution in [0.25, 0.3) is 0 Å². The van der Waals surface area contributed by atoms with E-state index in [1.54, 1.807) is 40.2 Å². The largest absolute Gasteiger partial charge is 0.462 e. The van der Waals surface area contributed by atoms with Crippen molar-refractivity contribution in [1.29, 1.82) is 0 Å². The summed E-state index contributed by atoms with van der Waals surface area (Å²) in [4.78, 5) is 14.4. The van der Waals surface area contributed by atoms with Gasteiger partial charge in [0.1, 0.15) is 42.0 Å². The van der Waals surface area contributed by atoms with Crippen molar-refractivity contribution < 1.29 is 67.5 Å². The first-order chi connectivity index (χ1) is 30.6. The molecule has 0 radical (unpaired) electrons. The molecule has 0 aromatic heterocycles. The molecule has 5 fully saturated rings. The summed E-state index contributed by atoms with van der Waals surface area (Å²) in [6, 6.07) is 0. The number of hydrogen-bond donors (Lipinski definition) is 3. The van der Waals surface area contributed by atoms with Gasteiger partial charge < -0.3 is 62.7 Å². The number of ether oxygens (including phenoxy) is 10. The SMILES string of the molecule is CO[C@H]1C[C@H](O[C@H]2[C@H](C)O[C@@H](O[C@@H]3/C(C)=C/C[C@@H]4C[C@@H](C[C@]5(C=C[C@H](C)[C@@H](C6CCCCC6)O5)O4)OC(=O)[C@@H]4C=C(C)[C@@H](O)[C@H]5OC/C(=C/C=C/[C@@H]3C)[C@]54O)C[C@@H]2OC)O[C@@H](C)[C@@H]1O. The van der Waals surface area contributed by atoms with E-state index in [1.807, 2.05) is 25.2 Å². The highest BCUT2D eigenvalue weighted by molar-refractivity contribution is 5.78. The Morgan fingerprint density at radius 2 is 1.53 bits per heavy atom. The van der Waals surface area contributed by atoms with Gasteiger partial charge in [-0.15, -0.1) is 0 Å². The minimum Gasteiger partial charge on any atom is -0.462 e. The Hall–Kier alpha value is -2.31. The Morgan fingerprint density at radius 3 is 2.28 bits per heavy atom. The zero-order valence-corrected chi connectivity index (χ0v) is 39.0. The molecule has 2 bridgehead atoms. The van der Waals surface area contributed by atoms with Gasteiger partial charge in [-0.3, -0.25) is 4.79 Å². The minimum atomic E-state index is -1.83. The first-order valence-corrected chi connectivity index (χ1v) is 24.0. The Morgan fingerprint density at radius 1 is 0.812 bits per heavy atom. The lowest BCUT2D eigenvalue weighted by Gasteiger charge is -2.49. The van der Waals surface area contributed by atoms with Gasteiger partial charge in [-0.2, -0.15) is 0 Å². The summed E-state index contributed by atoms with van der Waals surface area (Å²) in [7, 11) is 3.23. The number of carbonyl (C=O) groups excluding carboxylic acids is 1. The molecule has 3 N–H and O–H groups in total. The van der Waals surface area contributed by atoms with Crippen molar-refractivity contribution >= 4 is 5.97 Å². The summed E-state index contributed by atoms with van der Waals surface area (Å²) in [5.41, 5.74) is 0.166. The minimum absolute atomic E-state index is 0.0242. The fraction of sp³-hybridized carbons (Fsp3) is 0.780. The predicted molar refractivity (Wildman–Crippen MR) is 234 cm³/mol. The molecule has 0 amide bonds. The average Bonchev–Trinajstić information content (AvgIpc) is 3.62. The quantitative estimate of drug-likeness (QED) is 0.204. The summed E-state index contributed by atoms with van der Waals surface area (Å²) in [6.45, 7) is 11.9. The van der Waals surface area contributed by atoms with E-state index in [9.17, 15) is 20.1 Å². The smallest absolute Gasteiger partial charge is 0.316 e. The van der Waals surface area contributed by atoms with Gasteiger partial charge in [0.25, 0.3) is 0 Å². The van der Waals surface area contributed by atoms with Crippen molar-refractivity contribution in [2.24, 2.45) is 23.7 Å². The van der Waals surface area contributed by atoms with Crippen molar-refractivity contribution in [3.63, 3.8) is 0 Å². The van der Waals surface area contributed by atoms with Gasteiger partial charge in [-0.25, -0.2) is 0 Å². The maximum atomic E-state index is 14.4. The standard InChI is InChI=1S/C50H74O14/c1-27-13-12-16-34-26-57-47-42(51)30(4)21-37(50(34,47)54)48(53)60-36-22-35(63-49(25-36)20-19-29(3)45(64-49)33-14-10-9-11-15-33)18-17-28(2)44(27)61-41-24-39(56-8)46(32(6)59-41)62-40-23-38(55-7)43(52)31(5)58-40/h12-13,16-17,19-21,27,29,31-33,35-47,51-52,54H,9-11,14-15,18,22-26H2,1-8H3/b13-12+,28-17+,34-16-/t27-,29-,31-,32-,35+,36-,37-,38-,39-,40-,41-,42+,43-,44-,45-,46-,47+,49+,50+/m0/s1. The molecule has 6 heterocycles. The number of carbonyl (C=O) groups is 1. The Balaban J connectivity index is 1.08. The van der Waals surface area contributed by atoms with Gasteiger partial charge in [-0.05, 0) is 75.7 Å². The lowest BCUT2D eigenvalue weighted by Crippen LogP contribution is -2.58. The molecule has 1 saturated carbocycles. The van der Waals surface area contributed by atoms with E-state index in [1.165, 1.54) is 19.3 Å². The van der Waals surface area contributed by atoms with Gasteiger partial charge in [-0.1, -0.05) is 69.6 Å². The fourth-order valence-electron chi connectivity index (χ4n) is 11.7. The molecule has 64 heavy (non-hydrogen) atoms. The van der Waals surface area contributed by atoms with Crippen LogP contribution in [0.3, 0.4) is 0 Å². The average molecular weight is 899 g/mol. The van der Waals surface area contributed by atoms with Crippen LogP contribution in [-0.4, -0.2) is 139 Å². The van der Waals surface area contributed by atoms with Crippen LogP contribution in [0.1, 0.15) is 106 Å². The van der Waals surface area contributed by atoms with E-state index in [2.05, 4.69) is 32.9 Å². The van der Waals surface area contributed by atoms with Crippen LogP contribution in [0.4, 0.5) is 0 Å². The van der Waals surface area contributed by atoms with Gasteiger partial charge in [0.2, 0.25) is 0 Å². The molecule has 19 atom stereocenters. The Kier molecular flexibility index (Phi) is 15.1. The maximum Gasteiger partial charge on any atom is 0.316 e. The Bertz CT molecular complexity index is 1790. The number of aliphatic hydroxyl groups excluding tert-OH is 2. The number of hydrogen-bond acceptors (Lipinski definition) is 14. The second-order valence-electron chi connectivity index (χ2n) is 20.0. The van der Waals surface area contributed by atoms with Gasteiger partial charge in [0.05, 0.1) is 49.3 Å². The third-order valence-electron chi connectivity index (χ3n) is 15.4. The monoisotopic (exact) mass is 899 g/mol. The number of aliphatic hydroxyl groups is 3. The third kappa shape index (κ3) is 9.82. The number of esters is 1. The molecule has 358 valence electrons. The van der Waals surface area contributed by atoms with Crippen LogP contribution >= 0.6 is 0 Å². The molecule has 0 unspecified atom stereocenters. The van der Waals surface area contributed by atoms with Crippen molar-refractivity contribution in [1.82, 2.24) is 0 Å². The van der Waals surface area contributed by atoms with Crippen molar-refractivity contribution in [3.05, 3.63) is 59.3 Å². The normalized spacial score (nSPS) is 49.2. The summed E-state index contributed by atoms with van der Waals surface area (Å²) < 4.78 is 64.1. The van der Waals surface area contributed by atoms with Crippen LogP contribution in [0.2, 0.25) is 0 Å². The maximum absolute atomic E-state index is 14.4. The Labute approximate surface area is 379 Å². The molecule has 1 spiro atoms. The molecule has 14 nitrogen and oxygen atoms in total. The van der Waals surface area contributed by atoms with E-state index in [0.29, 0.717) is 49.2 Å². The first kappa shape index (κ1) is 48.2. The highest BCUT2D eigenvalue weighted by atomic mass is 16.7. The van der Waals surface area contributed by atoms with E-state index >= 15 is 0 Å². The molecule has 2 aliphatic carbocycles. The molecule has 0 aromatic carbocycles. The highest BCUT2D eigenvalue weighted by Gasteiger charge is 2.60. The molecule has 8 aliphatic rings. The van der Waals surface area contributed by atoms with Crippen LogP contribution < -0.4 is 0 Å². The zero-order valence-electron chi connectivity index (χ0n) is 39.0. The van der Waals surface area contributed by atoms with Crippen molar-refractivity contribution in [2.75, 3.05) is 20.8 Å². The molecule has 14 heteroatoms. The van der Waals surface area contributed by atoms with Crippen LogP contribution in [0.5, 0.6) is 0 Å². The second-order valence-corrected chi connectivity index (χ2v) is 20.0. The summed E-state index contributed by atoms with van der Waals surface area (Å²) in [6.07, 6.45) is 13.8. The topological polar surface area (TPSA) is 170 Å². The highest BCUT2D eigenvalue weighted by Crippen LogP contribution is 2.48. The molecule has 0 aromatic rings. The van der Waals surface area contributed by atoms with Crippen LogP contribution in [0, 0.1) is 23.7 Å². The van der Waals surface area contributed by atoms with Crippen LogP contribution in [0.15, 0.2) is 59.3 Å². The van der Waals surface area contributed by atoms with E-state index < -0.39 is 90.8 Å².